The molecule has 0 saturated heterocycles. The minimum absolute atomic E-state index is 0.134. The van der Waals surface area contributed by atoms with Gasteiger partial charge in [-0.15, -0.1) is 22.7 Å². The number of aromatic nitrogens is 1. The summed E-state index contributed by atoms with van der Waals surface area (Å²) in [6, 6.07) is 14.9. The topological polar surface area (TPSA) is 80.4 Å². The molecule has 2 aromatic carbocycles. The lowest BCUT2D eigenvalue weighted by molar-refractivity contribution is 0.411. The van der Waals surface area contributed by atoms with Gasteiger partial charge in [-0.25, -0.2) is 4.98 Å². The van der Waals surface area contributed by atoms with Gasteiger partial charge in [-0.1, -0.05) is 30.3 Å². The minimum Gasteiger partial charge on any atom is -0.510 e. The molecule has 0 radical (unpaired) electrons. The van der Waals surface area contributed by atoms with Crippen LogP contribution in [0.1, 0.15) is 5.01 Å². The first kappa shape index (κ1) is 17.0. The van der Waals surface area contributed by atoms with Crippen LogP contribution in [-0.2, 0) is 0 Å². The number of amidine groups is 1. The van der Waals surface area contributed by atoms with Crippen LogP contribution in [0.15, 0.2) is 65.1 Å². The van der Waals surface area contributed by atoms with E-state index in [1.165, 1.54) is 11.3 Å². The standard InChI is InChI=1S/C21H15N3O2S2/c22-20-19(21-23-14(11-28-21)18-8-3-9-27-18)17(26)10-24(20)15-6-1-5-13-12(15)4-2-7-16(13)25/h1-9,11,22,25-26H,10H2. The van der Waals surface area contributed by atoms with Crippen LogP contribution >= 0.6 is 22.7 Å². The van der Waals surface area contributed by atoms with Crippen molar-refractivity contribution in [2.24, 2.45) is 0 Å². The Morgan fingerprint density at radius 1 is 0.964 bits per heavy atom. The number of hydrogen-bond donors (Lipinski definition) is 3. The Labute approximate surface area is 169 Å². The predicted molar refractivity (Wildman–Crippen MR) is 116 cm³/mol. The third-order valence-corrected chi connectivity index (χ3v) is 6.51. The number of thiazole rings is 1. The Kier molecular flexibility index (Phi) is 3.92. The van der Waals surface area contributed by atoms with Gasteiger partial charge in [0.05, 0.1) is 28.4 Å². The fourth-order valence-electron chi connectivity index (χ4n) is 3.45. The maximum Gasteiger partial charge on any atom is 0.139 e. The highest BCUT2D eigenvalue weighted by atomic mass is 32.1. The number of aromatic hydroxyl groups is 1. The van der Waals surface area contributed by atoms with Crippen molar-refractivity contribution in [1.29, 1.82) is 5.41 Å². The molecule has 138 valence electrons. The molecule has 5 nitrogen and oxygen atoms in total. The number of aliphatic hydroxyl groups excluding tert-OH is 1. The van der Waals surface area contributed by atoms with E-state index in [-0.39, 0.29) is 23.9 Å². The smallest absolute Gasteiger partial charge is 0.139 e. The van der Waals surface area contributed by atoms with Crippen molar-refractivity contribution in [3.63, 3.8) is 0 Å². The van der Waals surface area contributed by atoms with E-state index in [1.54, 1.807) is 28.4 Å². The highest BCUT2D eigenvalue weighted by Crippen LogP contribution is 2.38. The molecule has 1 aliphatic rings. The zero-order valence-corrected chi connectivity index (χ0v) is 16.2. The van der Waals surface area contributed by atoms with E-state index in [0.29, 0.717) is 10.6 Å². The zero-order valence-electron chi connectivity index (χ0n) is 14.6. The SMILES string of the molecule is N=C1C(c2nc(-c3cccs3)cs2)=C(O)CN1c1cccc2c(O)cccc12. The van der Waals surface area contributed by atoms with Crippen molar-refractivity contribution in [1.82, 2.24) is 4.98 Å². The van der Waals surface area contributed by atoms with E-state index in [4.69, 9.17) is 5.41 Å². The molecule has 0 unspecified atom stereocenters. The highest BCUT2D eigenvalue weighted by molar-refractivity contribution is 7.14. The van der Waals surface area contributed by atoms with E-state index in [2.05, 4.69) is 4.98 Å². The molecule has 0 saturated carbocycles. The van der Waals surface area contributed by atoms with Crippen LogP contribution in [0.25, 0.3) is 26.9 Å². The number of fused-ring (bicyclic) bond motifs is 1. The van der Waals surface area contributed by atoms with Gasteiger partial charge in [-0.05, 0) is 23.6 Å². The monoisotopic (exact) mass is 405 g/mol. The number of aliphatic hydroxyl groups is 1. The maximum absolute atomic E-state index is 10.6. The largest absolute Gasteiger partial charge is 0.510 e. The van der Waals surface area contributed by atoms with E-state index >= 15 is 0 Å². The van der Waals surface area contributed by atoms with Crippen molar-refractivity contribution in [2.45, 2.75) is 0 Å². The summed E-state index contributed by atoms with van der Waals surface area (Å²) in [6.45, 7) is 0.205. The first-order valence-corrected chi connectivity index (χ1v) is 10.4. The molecule has 0 aliphatic carbocycles. The quantitative estimate of drug-likeness (QED) is 0.421. The number of hydrogen-bond acceptors (Lipinski definition) is 6. The molecule has 7 heteroatoms. The van der Waals surface area contributed by atoms with Crippen molar-refractivity contribution < 1.29 is 10.2 Å². The molecule has 0 amide bonds. The van der Waals surface area contributed by atoms with Crippen LogP contribution in [-0.4, -0.2) is 27.6 Å². The first-order chi connectivity index (χ1) is 13.6. The van der Waals surface area contributed by atoms with Gasteiger partial charge in [0, 0.05) is 16.2 Å². The number of nitrogens with one attached hydrogen (secondary N) is 1. The molecule has 0 fully saturated rings. The number of nitrogens with zero attached hydrogens (tertiary/aromatic N) is 2. The van der Waals surface area contributed by atoms with Crippen molar-refractivity contribution in [2.75, 3.05) is 11.4 Å². The summed E-state index contributed by atoms with van der Waals surface area (Å²) in [5, 5.41) is 35.6. The van der Waals surface area contributed by atoms with E-state index in [1.807, 2.05) is 47.2 Å². The Balaban J connectivity index is 1.54. The molecule has 2 aromatic heterocycles. The summed E-state index contributed by atoms with van der Waals surface area (Å²) < 4.78 is 0. The Hall–Kier alpha value is -3.16. The van der Waals surface area contributed by atoms with Gasteiger partial charge in [0.25, 0.3) is 0 Å². The second-order valence-electron chi connectivity index (χ2n) is 6.42. The third-order valence-electron chi connectivity index (χ3n) is 4.76. The lowest BCUT2D eigenvalue weighted by atomic mass is 10.1. The van der Waals surface area contributed by atoms with E-state index in [0.717, 1.165) is 27.0 Å². The fourth-order valence-corrected chi connectivity index (χ4v) is 5.10. The van der Waals surface area contributed by atoms with Crippen molar-refractivity contribution in [3.8, 4) is 16.3 Å². The maximum atomic E-state index is 10.6. The normalized spacial score (nSPS) is 14.4. The molecular formula is C21H15N3O2S2. The first-order valence-electron chi connectivity index (χ1n) is 8.62. The summed E-state index contributed by atoms with van der Waals surface area (Å²) in [5.41, 5.74) is 2.09. The minimum atomic E-state index is 0.134. The molecule has 0 bridgehead atoms. The van der Waals surface area contributed by atoms with Crippen molar-refractivity contribution in [3.05, 3.63) is 70.1 Å². The summed E-state index contributed by atoms with van der Waals surface area (Å²) >= 11 is 3.04. The summed E-state index contributed by atoms with van der Waals surface area (Å²) in [6.07, 6.45) is 0. The highest BCUT2D eigenvalue weighted by Gasteiger charge is 2.32. The Morgan fingerprint density at radius 2 is 1.79 bits per heavy atom. The van der Waals surface area contributed by atoms with Crippen molar-refractivity contribution >= 4 is 50.5 Å². The van der Waals surface area contributed by atoms with E-state index < -0.39 is 0 Å². The van der Waals surface area contributed by atoms with Crippen LogP contribution in [0.5, 0.6) is 5.75 Å². The lowest BCUT2D eigenvalue weighted by Crippen LogP contribution is -2.26. The van der Waals surface area contributed by atoms with Crippen LogP contribution in [0.2, 0.25) is 0 Å². The van der Waals surface area contributed by atoms with Crippen LogP contribution in [0.4, 0.5) is 5.69 Å². The van der Waals surface area contributed by atoms with Crippen LogP contribution in [0.3, 0.4) is 0 Å². The van der Waals surface area contributed by atoms with Crippen LogP contribution < -0.4 is 4.90 Å². The lowest BCUT2D eigenvalue weighted by Gasteiger charge is -2.21. The van der Waals surface area contributed by atoms with Gasteiger partial charge in [0.15, 0.2) is 0 Å². The van der Waals surface area contributed by atoms with Gasteiger partial charge in [-0.3, -0.25) is 5.41 Å². The van der Waals surface area contributed by atoms with Gasteiger partial charge in [0.2, 0.25) is 0 Å². The Morgan fingerprint density at radius 3 is 2.61 bits per heavy atom. The molecule has 3 N–H and O–H groups in total. The number of anilines is 1. The molecule has 5 rings (SSSR count). The average molecular weight is 406 g/mol. The fraction of sp³-hybridized carbons (Fsp3) is 0.0476. The number of phenols is 1. The average Bonchev–Trinajstić information content (AvgIpc) is 3.42. The predicted octanol–water partition coefficient (Wildman–Crippen LogP) is 5.50. The summed E-state index contributed by atoms with van der Waals surface area (Å²) in [4.78, 5) is 7.46. The number of phenolic OH excluding ortho intramolecular Hbond substituents is 1. The number of thiophene rings is 1. The molecule has 3 heterocycles. The van der Waals surface area contributed by atoms with Gasteiger partial charge < -0.3 is 15.1 Å². The molecule has 4 aromatic rings. The molecule has 1 aliphatic heterocycles. The van der Waals surface area contributed by atoms with E-state index in [9.17, 15) is 10.2 Å². The van der Waals surface area contributed by atoms with Gasteiger partial charge in [0.1, 0.15) is 22.4 Å². The van der Waals surface area contributed by atoms with Gasteiger partial charge in [-0.2, -0.15) is 0 Å². The number of benzene rings is 2. The number of rotatable bonds is 3. The molecular weight excluding hydrogens is 390 g/mol. The third kappa shape index (κ3) is 2.59. The van der Waals surface area contributed by atoms with Gasteiger partial charge >= 0.3 is 0 Å². The molecule has 0 atom stereocenters. The van der Waals surface area contributed by atoms with Crippen LogP contribution in [0, 0.1) is 5.41 Å². The zero-order chi connectivity index (χ0) is 19.3. The second-order valence-corrected chi connectivity index (χ2v) is 8.23. The Bertz CT molecular complexity index is 1240. The summed E-state index contributed by atoms with van der Waals surface area (Å²) in [5.74, 6) is 0.539. The second kappa shape index (κ2) is 6.47. The molecule has 0 spiro atoms. The molecule has 28 heavy (non-hydrogen) atoms. The summed E-state index contributed by atoms with van der Waals surface area (Å²) in [7, 11) is 0.